The van der Waals surface area contributed by atoms with E-state index < -0.39 is 0 Å². The van der Waals surface area contributed by atoms with Crippen molar-refractivity contribution >= 4 is 29.1 Å². The highest BCUT2D eigenvalue weighted by atomic mass is 16.5. The molecule has 0 bridgehead atoms. The molecule has 2 aromatic rings. The van der Waals surface area contributed by atoms with Crippen LogP contribution in [0.3, 0.4) is 0 Å². The van der Waals surface area contributed by atoms with Gasteiger partial charge in [-0.05, 0) is 38.1 Å². The van der Waals surface area contributed by atoms with Gasteiger partial charge in [0.1, 0.15) is 5.75 Å². The number of nitrogens with zero attached hydrogens (tertiary/aromatic N) is 2. The van der Waals surface area contributed by atoms with E-state index in [4.69, 9.17) is 4.74 Å². The number of aryl methyl sites for hydroxylation is 1. The second-order valence-corrected chi connectivity index (χ2v) is 7.23. The van der Waals surface area contributed by atoms with Crippen LogP contribution in [-0.2, 0) is 14.4 Å². The van der Waals surface area contributed by atoms with Crippen molar-refractivity contribution < 1.29 is 19.1 Å². The monoisotopic (exact) mass is 395 g/mol. The molecule has 1 aliphatic heterocycles. The van der Waals surface area contributed by atoms with Gasteiger partial charge < -0.3 is 19.9 Å². The van der Waals surface area contributed by atoms with Crippen molar-refractivity contribution in [2.24, 2.45) is 0 Å². The van der Waals surface area contributed by atoms with Crippen molar-refractivity contribution in [3.63, 3.8) is 0 Å². The summed E-state index contributed by atoms with van der Waals surface area (Å²) in [5, 5.41) is 2.82. The number of benzene rings is 2. The lowest BCUT2D eigenvalue weighted by atomic mass is 10.1. The number of carbonyl (C=O) groups excluding carboxylic acids is 3. The summed E-state index contributed by atoms with van der Waals surface area (Å²) in [6, 6.07) is 14.2. The van der Waals surface area contributed by atoms with Crippen molar-refractivity contribution in [2.75, 3.05) is 30.4 Å². The Hall–Kier alpha value is -3.35. The molecular weight excluding hydrogens is 370 g/mol. The molecule has 1 N–H and O–H groups in total. The average Bonchev–Trinajstić information content (AvgIpc) is 2.81. The predicted octanol–water partition coefficient (Wildman–Crippen LogP) is 2.60. The van der Waals surface area contributed by atoms with Gasteiger partial charge in [0.25, 0.3) is 5.91 Å². The second-order valence-electron chi connectivity index (χ2n) is 7.23. The van der Waals surface area contributed by atoms with E-state index in [2.05, 4.69) is 5.32 Å². The van der Waals surface area contributed by atoms with Gasteiger partial charge in [0, 0.05) is 19.5 Å². The van der Waals surface area contributed by atoms with E-state index >= 15 is 0 Å². The van der Waals surface area contributed by atoms with Crippen LogP contribution in [-0.4, -0.2) is 48.9 Å². The Morgan fingerprint density at radius 3 is 2.59 bits per heavy atom. The van der Waals surface area contributed by atoms with Gasteiger partial charge in [-0.15, -0.1) is 0 Å². The first-order valence-electron chi connectivity index (χ1n) is 9.49. The summed E-state index contributed by atoms with van der Waals surface area (Å²) in [4.78, 5) is 40.4. The molecule has 0 unspecified atom stereocenters. The van der Waals surface area contributed by atoms with Crippen LogP contribution in [0.1, 0.15) is 18.9 Å². The molecule has 7 heteroatoms. The lowest BCUT2D eigenvalue weighted by Gasteiger charge is -2.29. The third-order valence-electron chi connectivity index (χ3n) is 4.81. The summed E-state index contributed by atoms with van der Waals surface area (Å²) in [5.74, 6) is -0.101. The molecule has 0 aliphatic carbocycles. The minimum absolute atomic E-state index is 0.108. The Morgan fingerprint density at radius 1 is 1.17 bits per heavy atom. The summed E-state index contributed by atoms with van der Waals surface area (Å²) in [6.45, 7) is 3.53. The van der Waals surface area contributed by atoms with Crippen LogP contribution in [0, 0.1) is 6.92 Å². The number of rotatable bonds is 5. The van der Waals surface area contributed by atoms with E-state index in [1.165, 1.54) is 4.90 Å². The maximum absolute atomic E-state index is 13.0. The third kappa shape index (κ3) is 4.93. The Morgan fingerprint density at radius 2 is 1.86 bits per heavy atom. The van der Waals surface area contributed by atoms with Gasteiger partial charge in [-0.1, -0.05) is 29.8 Å². The number of anilines is 2. The first kappa shape index (κ1) is 20.4. The molecule has 3 amide bonds. The normalized spacial score (nSPS) is 15.8. The highest BCUT2D eigenvalue weighted by Crippen LogP contribution is 2.31. The molecule has 1 aliphatic rings. The zero-order chi connectivity index (χ0) is 21.0. The topological polar surface area (TPSA) is 79.0 Å². The number of likely N-dealkylation sites (N-methyl/N-ethyl adjacent to an activating group) is 1. The number of hydrogen-bond donors (Lipinski definition) is 1. The minimum Gasteiger partial charge on any atom is -0.484 e. The Bertz CT molecular complexity index is 911. The van der Waals surface area contributed by atoms with Gasteiger partial charge in [-0.2, -0.15) is 0 Å². The molecule has 152 valence electrons. The Kier molecular flexibility index (Phi) is 6.16. The molecule has 3 rings (SSSR count). The van der Waals surface area contributed by atoms with Gasteiger partial charge in [0.05, 0.1) is 17.9 Å². The molecule has 0 spiro atoms. The maximum Gasteiger partial charge on any atom is 0.260 e. The van der Waals surface area contributed by atoms with Crippen molar-refractivity contribution in [2.45, 2.75) is 26.3 Å². The fourth-order valence-corrected chi connectivity index (χ4v) is 3.22. The molecule has 0 saturated carbocycles. The standard InChI is InChI=1S/C22H25N3O4/c1-15-8-10-17(11-9-15)29-14-22(28)24(3)13-21(27)25-16(2)12-20(26)23-18-6-4-5-7-19(18)25/h4-11,16H,12-14H2,1-3H3,(H,23,26)/t16-/m0/s1. The molecule has 0 aromatic heterocycles. The van der Waals surface area contributed by atoms with Crippen molar-refractivity contribution in [3.8, 4) is 5.75 Å². The number of hydrogen-bond acceptors (Lipinski definition) is 4. The molecule has 0 fully saturated rings. The number of ether oxygens (including phenoxy) is 1. The van der Waals surface area contributed by atoms with Crippen LogP contribution in [0.15, 0.2) is 48.5 Å². The molecule has 0 saturated heterocycles. The lowest BCUT2D eigenvalue weighted by Crippen LogP contribution is -2.46. The smallest absolute Gasteiger partial charge is 0.260 e. The van der Waals surface area contributed by atoms with Crippen LogP contribution in [0.2, 0.25) is 0 Å². The minimum atomic E-state index is -0.321. The van der Waals surface area contributed by atoms with Crippen LogP contribution in [0.25, 0.3) is 0 Å². The largest absolute Gasteiger partial charge is 0.484 e. The van der Waals surface area contributed by atoms with E-state index in [0.717, 1.165) is 5.56 Å². The number of amides is 3. The summed E-state index contributed by atoms with van der Waals surface area (Å²) in [5.41, 5.74) is 2.32. The molecule has 1 atom stereocenters. The van der Waals surface area contributed by atoms with Gasteiger partial charge in [-0.3, -0.25) is 14.4 Å². The van der Waals surface area contributed by atoms with Gasteiger partial charge in [0.15, 0.2) is 6.61 Å². The van der Waals surface area contributed by atoms with E-state index in [-0.39, 0.29) is 43.3 Å². The van der Waals surface area contributed by atoms with Gasteiger partial charge >= 0.3 is 0 Å². The number of carbonyl (C=O) groups is 3. The van der Waals surface area contributed by atoms with Gasteiger partial charge in [-0.25, -0.2) is 0 Å². The fraction of sp³-hybridized carbons (Fsp3) is 0.318. The first-order valence-corrected chi connectivity index (χ1v) is 9.49. The number of para-hydroxylation sites is 2. The summed E-state index contributed by atoms with van der Waals surface area (Å²) in [7, 11) is 1.57. The number of nitrogens with one attached hydrogen (secondary N) is 1. The summed E-state index contributed by atoms with van der Waals surface area (Å²) >= 11 is 0. The maximum atomic E-state index is 13.0. The zero-order valence-electron chi connectivity index (χ0n) is 16.8. The molecule has 29 heavy (non-hydrogen) atoms. The highest BCUT2D eigenvalue weighted by Gasteiger charge is 2.30. The molecular formula is C22H25N3O4. The predicted molar refractivity (Wildman–Crippen MR) is 111 cm³/mol. The molecule has 0 radical (unpaired) electrons. The molecule has 2 aromatic carbocycles. The van der Waals surface area contributed by atoms with Crippen LogP contribution in [0.4, 0.5) is 11.4 Å². The third-order valence-corrected chi connectivity index (χ3v) is 4.81. The summed E-state index contributed by atoms with van der Waals surface area (Å²) in [6.07, 6.45) is 0.189. The van der Waals surface area contributed by atoms with Crippen molar-refractivity contribution in [1.29, 1.82) is 0 Å². The first-order chi connectivity index (χ1) is 13.8. The quantitative estimate of drug-likeness (QED) is 0.844. The van der Waals surface area contributed by atoms with E-state index in [9.17, 15) is 14.4 Å². The Balaban J connectivity index is 1.65. The molecule has 7 nitrogen and oxygen atoms in total. The fourth-order valence-electron chi connectivity index (χ4n) is 3.22. The lowest BCUT2D eigenvalue weighted by molar-refractivity contribution is -0.135. The van der Waals surface area contributed by atoms with E-state index in [0.29, 0.717) is 17.1 Å². The van der Waals surface area contributed by atoms with E-state index in [1.807, 2.05) is 32.0 Å². The Labute approximate surface area is 170 Å². The van der Waals surface area contributed by atoms with Crippen LogP contribution >= 0.6 is 0 Å². The molecule has 1 heterocycles. The van der Waals surface area contributed by atoms with Crippen LogP contribution < -0.4 is 15.0 Å². The number of fused-ring (bicyclic) bond motifs is 1. The van der Waals surface area contributed by atoms with Crippen molar-refractivity contribution in [1.82, 2.24) is 4.90 Å². The van der Waals surface area contributed by atoms with Crippen LogP contribution in [0.5, 0.6) is 5.75 Å². The second kappa shape index (κ2) is 8.77. The van der Waals surface area contributed by atoms with Gasteiger partial charge in [0.2, 0.25) is 11.8 Å². The zero-order valence-corrected chi connectivity index (χ0v) is 16.8. The SMILES string of the molecule is Cc1ccc(OCC(=O)N(C)CC(=O)N2c3ccccc3NC(=O)C[C@@H]2C)cc1. The summed E-state index contributed by atoms with van der Waals surface area (Å²) < 4.78 is 5.51. The average molecular weight is 395 g/mol. The highest BCUT2D eigenvalue weighted by molar-refractivity contribution is 6.05. The van der Waals surface area contributed by atoms with E-state index in [1.54, 1.807) is 42.3 Å². The van der Waals surface area contributed by atoms with Crippen molar-refractivity contribution in [3.05, 3.63) is 54.1 Å².